The molecule has 1 fully saturated rings. The van der Waals surface area contributed by atoms with Crippen LogP contribution in [0.25, 0.3) is 22.3 Å². The fourth-order valence-electron chi connectivity index (χ4n) is 4.74. The molecule has 3 aromatic carbocycles. The van der Waals surface area contributed by atoms with Crippen LogP contribution in [0.5, 0.6) is 0 Å². The van der Waals surface area contributed by atoms with E-state index in [9.17, 15) is 8.78 Å². The highest BCUT2D eigenvalue weighted by Crippen LogP contribution is 2.32. The van der Waals surface area contributed by atoms with Gasteiger partial charge in [-0.3, -0.25) is 0 Å². The number of ether oxygens (including phenoxy) is 2. The van der Waals surface area contributed by atoms with Crippen LogP contribution in [0.2, 0.25) is 0 Å². The van der Waals surface area contributed by atoms with E-state index < -0.39 is 11.6 Å². The maximum Gasteiger partial charge on any atom is 0.166 e. The lowest BCUT2D eigenvalue weighted by Gasteiger charge is -2.29. The summed E-state index contributed by atoms with van der Waals surface area (Å²) in [4.78, 5) is 0. The standard InChI is InChI=1S/C32H35F3O2/c1-3-5-7-9-24-15-18-28(32(35)31(24)34)23-13-11-22(12-14-23)25-16-17-27(29(33)19-25)26-20-36-30(37-21-26)10-8-6-4-2/h4,6,11-19,26,30H,3,5,7-10,20-21H2,1-2H3/b6-4+. The highest BCUT2D eigenvalue weighted by molar-refractivity contribution is 5.71. The molecule has 0 N–H and O–H groups in total. The smallest absolute Gasteiger partial charge is 0.166 e. The van der Waals surface area contributed by atoms with Crippen LogP contribution >= 0.6 is 0 Å². The minimum Gasteiger partial charge on any atom is -0.352 e. The van der Waals surface area contributed by atoms with Gasteiger partial charge in [0.15, 0.2) is 17.9 Å². The Hall–Kier alpha value is -2.89. The SMILES string of the molecule is C/C=C/CCC1OCC(c2ccc(-c3ccc(-c4ccc(CCCCC)c(F)c4F)cc3)cc2F)CO1. The highest BCUT2D eigenvalue weighted by atomic mass is 19.2. The second-order valence-corrected chi connectivity index (χ2v) is 9.61. The monoisotopic (exact) mass is 508 g/mol. The van der Waals surface area contributed by atoms with Gasteiger partial charge in [0, 0.05) is 17.9 Å². The first-order chi connectivity index (χ1) is 18.0. The lowest BCUT2D eigenvalue weighted by atomic mass is 9.94. The summed E-state index contributed by atoms with van der Waals surface area (Å²) in [5.41, 5.74) is 3.31. The van der Waals surface area contributed by atoms with Crippen molar-refractivity contribution in [2.24, 2.45) is 0 Å². The number of aryl methyl sites for hydroxylation is 1. The van der Waals surface area contributed by atoms with Crippen LogP contribution in [0.15, 0.2) is 66.7 Å². The molecule has 1 aliphatic rings. The number of allylic oxidation sites excluding steroid dienone is 2. The van der Waals surface area contributed by atoms with E-state index in [0.717, 1.165) is 37.7 Å². The maximum atomic E-state index is 15.0. The van der Waals surface area contributed by atoms with E-state index in [4.69, 9.17) is 9.47 Å². The lowest BCUT2D eigenvalue weighted by molar-refractivity contribution is -0.189. The first-order valence-electron chi connectivity index (χ1n) is 13.2. The van der Waals surface area contributed by atoms with Gasteiger partial charge in [0.2, 0.25) is 0 Å². The predicted octanol–water partition coefficient (Wildman–Crippen LogP) is 8.98. The van der Waals surface area contributed by atoms with Crippen molar-refractivity contribution < 1.29 is 22.6 Å². The van der Waals surface area contributed by atoms with Crippen LogP contribution in [0.3, 0.4) is 0 Å². The third-order valence-corrected chi connectivity index (χ3v) is 6.95. The Morgan fingerprint density at radius 1 is 0.838 bits per heavy atom. The summed E-state index contributed by atoms with van der Waals surface area (Å²) in [5, 5.41) is 0. The fraction of sp³-hybridized carbons (Fsp3) is 0.375. The first-order valence-corrected chi connectivity index (χ1v) is 13.2. The summed E-state index contributed by atoms with van der Waals surface area (Å²) in [6, 6.07) is 15.6. The molecule has 0 bridgehead atoms. The zero-order chi connectivity index (χ0) is 26.2. The molecule has 0 aliphatic carbocycles. The van der Waals surface area contributed by atoms with Crippen LogP contribution in [0.4, 0.5) is 13.2 Å². The van der Waals surface area contributed by atoms with Crippen molar-refractivity contribution in [1.29, 1.82) is 0 Å². The minimum atomic E-state index is -0.821. The zero-order valence-electron chi connectivity index (χ0n) is 21.6. The van der Waals surface area contributed by atoms with Crippen LogP contribution in [0, 0.1) is 17.5 Å². The molecule has 0 amide bonds. The number of hydrogen-bond donors (Lipinski definition) is 0. The Labute approximate surface area is 218 Å². The summed E-state index contributed by atoms with van der Waals surface area (Å²) in [5.74, 6) is -2.05. The molecule has 196 valence electrons. The van der Waals surface area contributed by atoms with E-state index >= 15 is 4.39 Å². The molecule has 0 unspecified atom stereocenters. The first kappa shape index (κ1) is 27.2. The zero-order valence-corrected chi connectivity index (χ0v) is 21.6. The van der Waals surface area contributed by atoms with Crippen molar-refractivity contribution >= 4 is 0 Å². The average molecular weight is 509 g/mol. The van der Waals surface area contributed by atoms with Crippen molar-refractivity contribution in [2.75, 3.05) is 13.2 Å². The Balaban J connectivity index is 1.43. The highest BCUT2D eigenvalue weighted by Gasteiger charge is 2.25. The number of hydrogen-bond acceptors (Lipinski definition) is 2. The molecule has 3 aromatic rings. The quantitative estimate of drug-likeness (QED) is 0.201. The second-order valence-electron chi connectivity index (χ2n) is 9.61. The van der Waals surface area contributed by atoms with E-state index in [-0.39, 0.29) is 23.6 Å². The summed E-state index contributed by atoms with van der Waals surface area (Å²) >= 11 is 0. The van der Waals surface area contributed by atoms with Gasteiger partial charge < -0.3 is 9.47 Å². The fourth-order valence-corrected chi connectivity index (χ4v) is 4.74. The Morgan fingerprint density at radius 3 is 2.22 bits per heavy atom. The number of benzene rings is 3. The molecule has 4 rings (SSSR count). The number of unbranched alkanes of at least 4 members (excludes halogenated alkanes) is 2. The normalized spacial score (nSPS) is 18.0. The third-order valence-electron chi connectivity index (χ3n) is 6.95. The van der Waals surface area contributed by atoms with E-state index in [1.807, 2.05) is 19.1 Å². The molecule has 0 saturated carbocycles. The molecule has 2 nitrogen and oxygen atoms in total. The van der Waals surface area contributed by atoms with Crippen LogP contribution < -0.4 is 0 Å². The molecule has 1 heterocycles. The Bertz CT molecular complexity index is 1200. The third kappa shape index (κ3) is 6.71. The molecular formula is C32H35F3O2. The Morgan fingerprint density at radius 2 is 1.54 bits per heavy atom. The summed E-state index contributed by atoms with van der Waals surface area (Å²) in [7, 11) is 0. The molecule has 1 saturated heterocycles. The van der Waals surface area contributed by atoms with Crippen LogP contribution in [-0.2, 0) is 15.9 Å². The van der Waals surface area contributed by atoms with Gasteiger partial charge in [-0.25, -0.2) is 13.2 Å². The number of halogens is 3. The van der Waals surface area contributed by atoms with E-state index in [0.29, 0.717) is 41.9 Å². The maximum absolute atomic E-state index is 15.0. The average Bonchev–Trinajstić information content (AvgIpc) is 2.92. The van der Waals surface area contributed by atoms with Gasteiger partial charge in [-0.05, 0) is 60.1 Å². The van der Waals surface area contributed by atoms with Crippen molar-refractivity contribution in [2.45, 2.75) is 64.6 Å². The van der Waals surface area contributed by atoms with Gasteiger partial charge in [0.25, 0.3) is 0 Å². The van der Waals surface area contributed by atoms with Crippen molar-refractivity contribution in [3.63, 3.8) is 0 Å². The largest absolute Gasteiger partial charge is 0.352 e. The molecule has 5 heteroatoms. The van der Waals surface area contributed by atoms with Crippen molar-refractivity contribution in [3.05, 3.63) is 95.3 Å². The summed E-state index contributed by atoms with van der Waals surface area (Å²) < 4.78 is 56.0. The van der Waals surface area contributed by atoms with Gasteiger partial charge in [0.1, 0.15) is 5.82 Å². The van der Waals surface area contributed by atoms with Gasteiger partial charge in [-0.15, -0.1) is 0 Å². The minimum absolute atomic E-state index is 0.155. The van der Waals surface area contributed by atoms with Crippen molar-refractivity contribution in [3.8, 4) is 22.3 Å². The molecular weight excluding hydrogens is 473 g/mol. The molecule has 0 radical (unpaired) electrons. The molecule has 0 atom stereocenters. The lowest BCUT2D eigenvalue weighted by Crippen LogP contribution is -2.31. The number of rotatable bonds is 10. The second kappa shape index (κ2) is 13.1. The van der Waals surface area contributed by atoms with Crippen LogP contribution in [-0.4, -0.2) is 19.5 Å². The Kier molecular flexibility index (Phi) is 9.59. The molecule has 0 aromatic heterocycles. The summed E-state index contributed by atoms with van der Waals surface area (Å²) in [6.07, 6.45) is 8.90. The van der Waals surface area contributed by atoms with Gasteiger partial charge in [0.05, 0.1) is 13.2 Å². The van der Waals surface area contributed by atoms with E-state index in [1.54, 1.807) is 42.5 Å². The van der Waals surface area contributed by atoms with Gasteiger partial charge >= 0.3 is 0 Å². The van der Waals surface area contributed by atoms with E-state index in [2.05, 4.69) is 13.0 Å². The van der Waals surface area contributed by atoms with Crippen molar-refractivity contribution in [1.82, 2.24) is 0 Å². The topological polar surface area (TPSA) is 18.5 Å². The molecule has 37 heavy (non-hydrogen) atoms. The van der Waals surface area contributed by atoms with Gasteiger partial charge in [-0.2, -0.15) is 0 Å². The predicted molar refractivity (Wildman–Crippen MR) is 143 cm³/mol. The summed E-state index contributed by atoms with van der Waals surface area (Å²) in [6.45, 7) is 4.90. The van der Waals surface area contributed by atoms with Crippen LogP contribution in [0.1, 0.15) is 63.0 Å². The van der Waals surface area contributed by atoms with E-state index in [1.165, 1.54) is 6.07 Å². The molecule has 0 spiro atoms. The molecule has 1 aliphatic heterocycles. The van der Waals surface area contributed by atoms with Gasteiger partial charge in [-0.1, -0.05) is 80.4 Å².